The average Bonchev–Trinajstić information content (AvgIpc) is 3.11. The third-order valence-corrected chi connectivity index (χ3v) is 6.05. The predicted molar refractivity (Wildman–Crippen MR) is 131 cm³/mol. The molecule has 1 fully saturated rings. The molecule has 0 atom stereocenters. The summed E-state index contributed by atoms with van der Waals surface area (Å²) in [4.78, 5) is 26.8. The summed E-state index contributed by atoms with van der Waals surface area (Å²) >= 11 is 6.65. The summed E-state index contributed by atoms with van der Waals surface area (Å²) in [5, 5.41) is 0. The first-order chi connectivity index (χ1) is 15.5. The Morgan fingerprint density at radius 1 is 1.03 bits per heavy atom. The Kier molecular flexibility index (Phi) is 6.68. The van der Waals surface area contributed by atoms with Crippen LogP contribution in [-0.2, 0) is 16.1 Å². The number of hydrogen-bond acceptors (Lipinski definition) is 6. The summed E-state index contributed by atoms with van der Waals surface area (Å²) < 4.78 is 11.0. The number of hydrogen-bond donors (Lipinski definition) is 0. The van der Waals surface area contributed by atoms with Crippen molar-refractivity contribution in [3.8, 4) is 5.75 Å². The monoisotopic (exact) mass is 461 g/mol. The molecule has 1 amide bonds. The third kappa shape index (κ3) is 4.90. The lowest BCUT2D eigenvalue weighted by Gasteiger charge is -2.15. The van der Waals surface area contributed by atoms with Gasteiger partial charge in [-0.25, -0.2) is 4.79 Å². The van der Waals surface area contributed by atoms with E-state index in [0.29, 0.717) is 27.1 Å². The number of carbonyl (C=O) groups excluding carboxylic acids is 2. The van der Waals surface area contributed by atoms with E-state index < -0.39 is 5.97 Å². The van der Waals surface area contributed by atoms with Gasteiger partial charge in [-0.05, 0) is 47.5 Å². The molecule has 1 saturated heterocycles. The zero-order valence-corrected chi connectivity index (χ0v) is 18.8. The Balaban J connectivity index is 1.47. The number of benzene rings is 3. The van der Waals surface area contributed by atoms with Gasteiger partial charge < -0.3 is 9.47 Å². The highest BCUT2D eigenvalue weighted by molar-refractivity contribution is 8.27. The number of methoxy groups -OCH3 is 1. The molecule has 0 bridgehead atoms. The first-order valence-corrected chi connectivity index (χ1v) is 11.0. The van der Waals surface area contributed by atoms with Crippen LogP contribution in [0.1, 0.15) is 21.5 Å². The van der Waals surface area contributed by atoms with Gasteiger partial charge in [-0.1, -0.05) is 72.5 Å². The number of rotatable bonds is 6. The highest BCUT2D eigenvalue weighted by Crippen LogP contribution is 2.36. The van der Waals surface area contributed by atoms with Crippen LogP contribution in [0.3, 0.4) is 0 Å². The van der Waals surface area contributed by atoms with Crippen LogP contribution in [0.4, 0.5) is 5.69 Å². The lowest BCUT2D eigenvalue weighted by molar-refractivity contribution is -0.113. The largest absolute Gasteiger partial charge is 0.489 e. The molecule has 4 rings (SSSR count). The van der Waals surface area contributed by atoms with Crippen molar-refractivity contribution in [1.29, 1.82) is 0 Å². The third-order valence-electron chi connectivity index (χ3n) is 4.75. The van der Waals surface area contributed by atoms with Gasteiger partial charge in [-0.2, -0.15) is 0 Å². The maximum Gasteiger partial charge on any atom is 0.337 e. The number of thioether (sulfide) groups is 1. The molecular formula is C25H19NO4S2. The maximum absolute atomic E-state index is 13.0. The molecule has 3 aromatic rings. The quantitative estimate of drug-likeness (QED) is 0.276. The van der Waals surface area contributed by atoms with Gasteiger partial charge in [-0.3, -0.25) is 9.69 Å². The molecule has 0 aliphatic carbocycles. The summed E-state index contributed by atoms with van der Waals surface area (Å²) in [5.41, 5.74) is 2.84. The van der Waals surface area contributed by atoms with Crippen LogP contribution in [0.2, 0.25) is 0 Å². The standard InChI is InChI=1S/C25H19NO4S2/c1-29-24(28)19-8-5-9-20(15-19)26-23(27)22(32-25(26)31)14-17-10-12-21(13-11-17)30-16-18-6-3-2-4-7-18/h2-15H,16H2,1H3/b22-14-. The molecule has 1 heterocycles. The molecule has 3 aromatic carbocycles. The fraction of sp³-hybridized carbons (Fsp3) is 0.0800. The lowest BCUT2D eigenvalue weighted by atomic mass is 10.1. The molecule has 0 saturated carbocycles. The van der Waals surface area contributed by atoms with Gasteiger partial charge in [-0.15, -0.1) is 0 Å². The number of anilines is 1. The highest BCUT2D eigenvalue weighted by atomic mass is 32.2. The van der Waals surface area contributed by atoms with E-state index in [-0.39, 0.29) is 5.91 Å². The van der Waals surface area contributed by atoms with E-state index in [0.717, 1.165) is 16.9 Å². The minimum Gasteiger partial charge on any atom is -0.489 e. The van der Waals surface area contributed by atoms with Crippen LogP contribution in [0, 0.1) is 0 Å². The summed E-state index contributed by atoms with van der Waals surface area (Å²) in [7, 11) is 1.31. The highest BCUT2D eigenvalue weighted by Gasteiger charge is 2.33. The molecule has 0 N–H and O–H groups in total. The maximum atomic E-state index is 13.0. The predicted octanol–water partition coefficient (Wildman–Crippen LogP) is 5.46. The molecule has 0 radical (unpaired) electrons. The van der Waals surface area contributed by atoms with Crippen molar-refractivity contribution in [2.24, 2.45) is 0 Å². The van der Waals surface area contributed by atoms with Crippen LogP contribution >= 0.6 is 24.0 Å². The Morgan fingerprint density at radius 2 is 1.78 bits per heavy atom. The summed E-state index contributed by atoms with van der Waals surface area (Å²) in [5.74, 6) is 0.0482. The van der Waals surface area contributed by atoms with Crippen LogP contribution in [0.25, 0.3) is 6.08 Å². The average molecular weight is 462 g/mol. The van der Waals surface area contributed by atoms with Crippen LogP contribution in [0.5, 0.6) is 5.75 Å². The number of carbonyl (C=O) groups is 2. The van der Waals surface area contributed by atoms with Crippen LogP contribution in [0.15, 0.2) is 83.8 Å². The van der Waals surface area contributed by atoms with Gasteiger partial charge in [0.05, 0.1) is 23.3 Å². The number of esters is 1. The van der Waals surface area contributed by atoms with E-state index in [1.54, 1.807) is 30.3 Å². The lowest BCUT2D eigenvalue weighted by Crippen LogP contribution is -2.27. The first-order valence-electron chi connectivity index (χ1n) is 9.78. The summed E-state index contributed by atoms with van der Waals surface area (Å²) in [6, 6.07) is 24.1. The van der Waals surface area contributed by atoms with Crippen molar-refractivity contribution in [2.75, 3.05) is 12.0 Å². The fourth-order valence-corrected chi connectivity index (χ4v) is 4.43. The van der Waals surface area contributed by atoms with Gasteiger partial charge in [0.25, 0.3) is 5.91 Å². The molecule has 0 aromatic heterocycles. The zero-order valence-electron chi connectivity index (χ0n) is 17.2. The van der Waals surface area contributed by atoms with Crippen molar-refractivity contribution < 1.29 is 19.1 Å². The second-order valence-corrected chi connectivity index (χ2v) is 8.58. The Morgan fingerprint density at radius 3 is 2.50 bits per heavy atom. The molecule has 160 valence electrons. The summed E-state index contributed by atoms with van der Waals surface area (Å²) in [6.07, 6.45) is 1.80. The van der Waals surface area contributed by atoms with Gasteiger partial charge in [0.15, 0.2) is 4.32 Å². The Bertz CT molecular complexity index is 1190. The zero-order chi connectivity index (χ0) is 22.5. The van der Waals surface area contributed by atoms with E-state index in [1.807, 2.05) is 54.6 Å². The molecule has 0 spiro atoms. The van der Waals surface area contributed by atoms with Crippen molar-refractivity contribution >= 4 is 51.9 Å². The number of ether oxygens (including phenoxy) is 2. The normalized spacial score (nSPS) is 14.7. The van der Waals surface area contributed by atoms with E-state index in [2.05, 4.69) is 0 Å². The minimum absolute atomic E-state index is 0.230. The van der Waals surface area contributed by atoms with Crippen molar-refractivity contribution in [3.05, 3.63) is 100 Å². The smallest absolute Gasteiger partial charge is 0.337 e. The Labute approximate surface area is 195 Å². The molecular weight excluding hydrogens is 442 g/mol. The number of nitrogens with zero attached hydrogens (tertiary/aromatic N) is 1. The number of thiocarbonyl (C=S) groups is 1. The molecule has 32 heavy (non-hydrogen) atoms. The van der Waals surface area contributed by atoms with Gasteiger partial charge in [0, 0.05) is 0 Å². The minimum atomic E-state index is -0.470. The van der Waals surface area contributed by atoms with E-state index in [9.17, 15) is 9.59 Å². The van der Waals surface area contributed by atoms with Crippen LogP contribution in [-0.4, -0.2) is 23.3 Å². The molecule has 1 aliphatic rings. The second kappa shape index (κ2) is 9.80. The molecule has 1 aliphatic heterocycles. The SMILES string of the molecule is COC(=O)c1cccc(N2C(=O)/C(=C/c3ccc(OCc4ccccc4)cc3)SC2=S)c1. The molecule has 5 nitrogen and oxygen atoms in total. The molecule has 0 unspecified atom stereocenters. The summed E-state index contributed by atoms with van der Waals surface area (Å²) in [6.45, 7) is 0.490. The fourth-order valence-electron chi connectivity index (χ4n) is 3.13. The van der Waals surface area contributed by atoms with Crippen LogP contribution < -0.4 is 9.64 Å². The van der Waals surface area contributed by atoms with Crippen molar-refractivity contribution in [2.45, 2.75) is 6.61 Å². The first kappa shape index (κ1) is 21.8. The van der Waals surface area contributed by atoms with Crippen molar-refractivity contribution in [3.63, 3.8) is 0 Å². The van der Waals surface area contributed by atoms with Gasteiger partial charge in [0.1, 0.15) is 12.4 Å². The van der Waals surface area contributed by atoms with Gasteiger partial charge >= 0.3 is 5.97 Å². The topological polar surface area (TPSA) is 55.8 Å². The Hall–Kier alpha value is -3.42. The van der Waals surface area contributed by atoms with E-state index in [1.165, 1.54) is 23.8 Å². The van der Waals surface area contributed by atoms with E-state index >= 15 is 0 Å². The van der Waals surface area contributed by atoms with Crippen molar-refractivity contribution in [1.82, 2.24) is 0 Å². The number of amides is 1. The van der Waals surface area contributed by atoms with Gasteiger partial charge in [0.2, 0.25) is 0 Å². The molecule has 7 heteroatoms. The van der Waals surface area contributed by atoms with E-state index in [4.69, 9.17) is 21.7 Å². The second-order valence-electron chi connectivity index (χ2n) is 6.90.